The Hall–Kier alpha value is -3.72. The van der Waals surface area contributed by atoms with E-state index in [2.05, 4.69) is 18.2 Å². The molecule has 6 nitrogen and oxygen atoms in total. The SMILES string of the molecule is CCOc1cc([C@H]2C(C#N)=C(N)N(C)C3=C2C(=O)CCC3)ccc1OCc1ccc(C)cc1. The minimum Gasteiger partial charge on any atom is -0.490 e. The van der Waals surface area contributed by atoms with E-state index in [4.69, 9.17) is 15.2 Å². The highest BCUT2D eigenvalue weighted by atomic mass is 16.5. The van der Waals surface area contributed by atoms with Gasteiger partial charge in [-0.1, -0.05) is 35.9 Å². The normalized spacial score (nSPS) is 18.2. The van der Waals surface area contributed by atoms with Crippen LogP contribution >= 0.6 is 0 Å². The summed E-state index contributed by atoms with van der Waals surface area (Å²) in [7, 11) is 1.82. The van der Waals surface area contributed by atoms with E-state index in [-0.39, 0.29) is 5.78 Å². The number of carbonyl (C=O) groups is 1. The van der Waals surface area contributed by atoms with Crippen LogP contribution in [0.4, 0.5) is 0 Å². The van der Waals surface area contributed by atoms with E-state index in [1.54, 1.807) is 4.90 Å². The number of rotatable bonds is 6. The molecule has 1 atom stereocenters. The molecule has 6 heteroatoms. The molecule has 0 aromatic heterocycles. The van der Waals surface area contributed by atoms with Crippen molar-refractivity contribution in [1.82, 2.24) is 4.90 Å². The maximum absolute atomic E-state index is 13.0. The third-order valence-electron chi connectivity index (χ3n) is 6.28. The quantitative estimate of drug-likeness (QED) is 0.696. The number of aryl methyl sites for hydroxylation is 1. The van der Waals surface area contributed by atoms with E-state index in [9.17, 15) is 10.1 Å². The maximum atomic E-state index is 13.0. The Morgan fingerprint density at radius 2 is 1.88 bits per heavy atom. The highest BCUT2D eigenvalue weighted by Gasteiger charge is 2.38. The molecule has 170 valence electrons. The number of nitrogens with two attached hydrogens (primary N) is 1. The summed E-state index contributed by atoms with van der Waals surface area (Å²) in [5, 5.41) is 9.94. The summed E-state index contributed by atoms with van der Waals surface area (Å²) in [5.41, 5.74) is 11.4. The third kappa shape index (κ3) is 4.31. The number of allylic oxidation sites excluding steroid dienone is 3. The molecule has 0 bridgehead atoms. The van der Waals surface area contributed by atoms with Crippen molar-refractivity contribution in [2.24, 2.45) is 5.73 Å². The molecule has 1 heterocycles. The van der Waals surface area contributed by atoms with E-state index >= 15 is 0 Å². The van der Waals surface area contributed by atoms with Crippen LogP contribution in [0.15, 0.2) is 65.1 Å². The molecule has 1 aliphatic carbocycles. The standard InChI is InChI=1S/C27H29N3O3/c1-4-32-24-14-19(12-13-23(24)33-16-18-10-8-17(2)9-11-18)25-20(15-28)27(29)30(3)21-6-5-7-22(31)26(21)25/h8-14,25H,4-7,16,29H2,1-3H3/t25-/m0/s1. The van der Waals surface area contributed by atoms with Gasteiger partial charge in [0.1, 0.15) is 12.4 Å². The monoisotopic (exact) mass is 443 g/mol. The van der Waals surface area contributed by atoms with Crippen LogP contribution in [0.25, 0.3) is 0 Å². The lowest BCUT2D eigenvalue weighted by Crippen LogP contribution is -2.36. The smallest absolute Gasteiger partial charge is 0.161 e. The van der Waals surface area contributed by atoms with Gasteiger partial charge in [0.2, 0.25) is 0 Å². The fourth-order valence-electron chi connectivity index (χ4n) is 4.53. The molecule has 2 N–H and O–H groups in total. The second kappa shape index (κ2) is 9.41. The zero-order chi connectivity index (χ0) is 23.5. The van der Waals surface area contributed by atoms with Crippen LogP contribution < -0.4 is 15.2 Å². The predicted octanol–water partition coefficient (Wildman–Crippen LogP) is 4.70. The summed E-state index contributed by atoms with van der Waals surface area (Å²) >= 11 is 0. The summed E-state index contributed by atoms with van der Waals surface area (Å²) in [6.45, 7) is 4.84. The Kier molecular flexibility index (Phi) is 6.41. The average Bonchev–Trinajstić information content (AvgIpc) is 2.82. The fourth-order valence-corrected chi connectivity index (χ4v) is 4.53. The van der Waals surface area contributed by atoms with Gasteiger partial charge in [-0.25, -0.2) is 0 Å². The van der Waals surface area contributed by atoms with Gasteiger partial charge in [-0.3, -0.25) is 4.79 Å². The number of ketones is 1. The van der Waals surface area contributed by atoms with Crippen molar-refractivity contribution in [3.05, 3.63) is 81.8 Å². The first kappa shape index (κ1) is 22.5. The summed E-state index contributed by atoms with van der Waals surface area (Å²) in [6, 6.07) is 16.1. The summed E-state index contributed by atoms with van der Waals surface area (Å²) in [5.74, 6) is 1.18. The molecule has 0 fully saturated rings. The number of nitriles is 1. The number of carbonyl (C=O) groups excluding carboxylic acids is 1. The molecule has 2 aromatic rings. The molecule has 33 heavy (non-hydrogen) atoms. The molecule has 2 aliphatic rings. The first-order valence-electron chi connectivity index (χ1n) is 11.3. The van der Waals surface area contributed by atoms with Crippen molar-refractivity contribution in [2.45, 2.75) is 45.6 Å². The molecule has 0 amide bonds. The van der Waals surface area contributed by atoms with Crippen LogP contribution in [0.3, 0.4) is 0 Å². The fraction of sp³-hybridized carbons (Fsp3) is 0.333. The van der Waals surface area contributed by atoms with E-state index in [1.807, 2.05) is 51.2 Å². The van der Waals surface area contributed by atoms with E-state index in [1.165, 1.54) is 5.56 Å². The largest absolute Gasteiger partial charge is 0.490 e. The number of nitrogens with zero attached hydrogens (tertiary/aromatic N) is 2. The Bertz CT molecular complexity index is 1170. The van der Waals surface area contributed by atoms with Crippen molar-refractivity contribution >= 4 is 5.78 Å². The number of ether oxygens (including phenoxy) is 2. The van der Waals surface area contributed by atoms with Gasteiger partial charge in [-0.15, -0.1) is 0 Å². The number of benzene rings is 2. The molecule has 0 unspecified atom stereocenters. The van der Waals surface area contributed by atoms with Crippen molar-refractivity contribution in [1.29, 1.82) is 5.26 Å². The molecular weight excluding hydrogens is 414 g/mol. The van der Waals surface area contributed by atoms with Crippen molar-refractivity contribution in [3.63, 3.8) is 0 Å². The van der Waals surface area contributed by atoms with Gasteiger partial charge in [0.05, 0.1) is 24.2 Å². The van der Waals surface area contributed by atoms with Crippen LogP contribution in [-0.2, 0) is 11.4 Å². The van der Waals surface area contributed by atoms with Gasteiger partial charge in [0.25, 0.3) is 0 Å². The Morgan fingerprint density at radius 3 is 2.58 bits per heavy atom. The van der Waals surface area contributed by atoms with Crippen LogP contribution in [-0.4, -0.2) is 24.3 Å². The predicted molar refractivity (Wildman–Crippen MR) is 126 cm³/mol. The lowest BCUT2D eigenvalue weighted by Gasteiger charge is -2.37. The lowest BCUT2D eigenvalue weighted by molar-refractivity contribution is -0.116. The van der Waals surface area contributed by atoms with E-state index in [0.29, 0.717) is 48.1 Å². The summed E-state index contributed by atoms with van der Waals surface area (Å²) in [6.07, 6.45) is 2.04. The minimum atomic E-state index is -0.501. The van der Waals surface area contributed by atoms with E-state index in [0.717, 1.165) is 29.7 Å². The van der Waals surface area contributed by atoms with Gasteiger partial charge in [-0.2, -0.15) is 5.26 Å². The van der Waals surface area contributed by atoms with Gasteiger partial charge < -0.3 is 20.1 Å². The molecule has 0 radical (unpaired) electrons. The van der Waals surface area contributed by atoms with Crippen LogP contribution in [0.1, 0.15) is 48.8 Å². The third-order valence-corrected chi connectivity index (χ3v) is 6.28. The minimum absolute atomic E-state index is 0.0750. The van der Waals surface area contributed by atoms with Crippen LogP contribution in [0.5, 0.6) is 11.5 Å². The number of hydrogen-bond donors (Lipinski definition) is 1. The molecular formula is C27H29N3O3. The number of Topliss-reactive ketones (excluding diaryl/α,β-unsaturated/α-hetero) is 1. The van der Waals surface area contributed by atoms with Gasteiger partial charge in [0, 0.05) is 24.7 Å². The van der Waals surface area contributed by atoms with Gasteiger partial charge >= 0.3 is 0 Å². The zero-order valence-corrected chi connectivity index (χ0v) is 19.4. The first-order valence-corrected chi connectivity index (χ1v) is 11.3. The molecule has 1 aliphatic heterocycles. The van der Waals surface area contributed by atoms with Gasteiger partial charge in [-0.05, 0) is 49.9 Å². The van der Waals surface area contributed by atoms with Gasteiger partial charge in [0.15, 0.2) is 17.3 Å². The molecule has 4 rings (SSSR count). The van der Waals surface area contributed by atoms with Crippen LogP contribution in [0, 0.1) is 18.3 Å². The second-order valence-electron chi connectivity index (χ2n) is 8.45. The second-order valence-corrected chi connectivity index (χ2v) is 8.45. The first-order chi connectivity index (χ1) is 15.9. The topological polar surface area (TPSA) is 88.6 Å². The summed E-state index contributed by atoms with van der Waals surface area (Å²) in [4.78, 5) is 14.8. The average molecular weight is 444 g/mol. The van der Waals surface area contributed by atoms with Crippen molar-refractivity contribution < 1.29 is 14.3 Å². The molecule has 2 aromatic carbocycles. The number of hydrogen-bond acceptors (Lipinski definition) is 6. The zero-order valence-electron chi connectivity index (χ0n) is 19.4. The molecule has 0 spiro atoms. The molecule has 0 saturated carbocycles. The Labute approximate surface area is 194 Å². The highest BCUT2D eigenvalue weighted by Crippen LogP contribution is 2.45. The van der Waals surface area contributed by atoms with Crippen molar-refractivity contribution in [3.8, 4) is 17.6 Å². The molecule has 0 saturated heterocycles. The highest BCUT2D eigenvalue weighted by molar-refractivity contribution is 5.99. The lowest BCUT2D eigenvalue weighted by atomic mass is 9.76. The Balaban J connectivity index is 1.72. The van der Waals surface area contributed by atoms with Crippen LogP contribution in [0.2, 0.25) is 0 Å². The van der Waals surface area contributed by atoms with E-state index < -0.39 is 5.92 Å². The van der Waals surface area contributed by atoms with Crippen molar-refractivity contribution in [2.75, 3.05) is 13.7 Å². The summed E-state index contributed by atoms with van der Waals surface area (Å²) < 4.78 is 12.0. The Morgan fingerprint density at radius 1 is 1.12 bits per heavy atom. The maximum Gasteiger partial charge on any atom is 0.161 e.